The zero-order valence-corrected chi connectivity index (χ0v) is 15.9. The first-order valence-corrected chi connectivity index (χ1v) is 9.55. The zero-order valence-electron chi connectivity index (χ0n) is 15.9. The van der Waals surface area contributed by atoms with Crippen LogP contribution in [0, 0.1) is 0 Å². The molecule has 1 aromatic rings. The molecule has 2 aliphatic heterocycles. The number of amides is 2. The number of ether oxygens (including phenoxy) is 2. The monoisotopic (exact) mass is 362 g/mol. The highest BCUT2D eigenvalue weighted by atomic mass is 16.5. The fourth-order valence-electron chi connectivity index (χ4n) is 4.12. The second-order valence-corrected chi connectivity index (χ2v) is 7.09. The molecule has 26 heavy (non-hydrogen) atoms. The van der Waals surface area contributed by atoms with Gasteiger partial charge in [0.25, 0.3) is 0 Å². The molecule has 1 unspecified atom stereocenters. The maximum absolute atomic E-state index is 12.9. The van der Waals surface area contributed by atoms with Crippen LogP contribution in [-0.4, -0.2) is 68.0 Å². The lowest BCUT2D eigenvalue weighted by molar-refractivity contribution is 0.0540. The molecule has 0 bridgehead atoms. The average Bonchev–Trinajstić information content (AvgIpc) is 3.07. The molecule has 3 rings (SSSR count). The maximum Gasteiger partial charge on any atom is 0.323 e. The molecule has 1 aromatic heterocycles. The molecule has 0 spiro atoms. The molecule has 0 aromatic carbocycles. The highest BCUT2D eigenvalue weighted by Gasteiger charge is 2.43. The van der Waals surface area contributed by atoms with E-state index in [4.69, 9.17) is 9.47 Å². The van der Waals surface area contributed by atoms with E-state index >= 15 is 0 Å². The Hall–Kier alpha value is -1.86. The van der Waals surface area contributed by atoms with Crippen molar-refractivity contribution in [3.63, 3.8) is 0 Å². The van der Waals surface area contributed by atoms with E-state index in [1.54, 1.807) is 7.11 Å². The molecular weight excluding hydrogens is 332 g/mol. The van der Waals surface area contributed by atoms with Crippen molar-refractivity contribution in [1.82, 2.24) is 9.88 Å². The quantitative estimate of drug-likeness (QED) is 0.843. The van der Waals surface area contributed by atoms with Crippen molar-refractivity contribution in [3.8, 4) is 0 Å². The van der Waals surface area contributed by atoms with Gasteiger partial charge in [0.15, 0.2) is 0 Å². The SMILES string of the molecule is CCCC1(COC)CCCN1C(=O)Nc1ccc(N2CCOCC2)cn1. The summed E-state index contributed by atoms with van der Waals surface area (Å²) in [5, 5.41) is 2.96. The summed E-state index contributed by atoms with van der Waals surface area (Å²) in [4.78, 5) is 21.5. The summed E-state index contributed by atoms with van der Waals surface area (Å²) >= 11 is 0. The van der Waals surface area contributed by atoms with Crippen LogP contribution in [-0.2, 0) is 9.47 Å². The summed E-state index contributed by atoms with van der Waals surface area (Å²) in [6.45, 7) is 6.73. The van der Waals surface area contributed by atoms with E-state index in [-0.39, 0.29) is 11.6 Å². The Bertz CT molecular complexity index is 581. The van der Waals surface area contributed by atoms with Gasteiger partial charge in [-0.2, -0.15) is 0 Å². The summed E-state index contributed by atoms with van der Waals surface area (Å²) in [7, 11) is 1.71. The Morgan fingerprint density at radius 1 is 1.35 bits per heavy atom. The Morgan fingerprint density at radius 3 is 2.81 bits per heavy atom. The summed E-state index contributed by atoms with van der Waals surface area (Å²) in [5.74, 6) is 0.585. The largest absolute Gasteiger partial charge is 0.382 e. The van der Waals surface area contributed by atoms with Gasteiger partial charge >= 0.3 is 6.03 Å². The predicted molar refractivity (Wildman–Crippen MR) is 102 cm³/mol. The number of methoxy groups -OCH3 is 1. The van der Waals surface area contributed by atoms with E-state index in [0.717, 1.165) is 64.2 Å². The number of hydrogen-bond donors (Lipinski definition) is 1. The minimum Gasteiger partial charge on any atom is -0.382 e. The van der Waals surface area contributed by atoms with E-state index < -0.39 is 0 Å². The van der Waals surface area contributed by atoms with Crippen LogP contribution in [0.5, 0.6) is 0 Å². The lowest BCUT2D eigenvalue weighted by Crippen LogP contribution is -2.52. The predicted octanol–water partition coefficient (Wildman–Crippen LogP) is 2.73. The molecule has 0 aliphatic carbocycles. The molecule has 2 amide bonds. The number of aromatic nitrogens is 1. The molecule has 7 heteroatoms. The number of urea groups is 1. The topological polar surface area (TPSA) is 66.9 Å². The van der Waals surface area contributed by atoms with Crippen LogP contribution in [0.1, 0.15) is 32.6 Å². The fourth-order valence-corrected chi connectivity index (χ4v) is 4.12. The van der Waals surface area contributed by atoms with Crippen molar-refractivity contribution in [2.24, 2.45) is 0 Å². The first kappa shape index (κ1) is 18.9. The van der Waals surface area contributed by atoms with Gasteiger partial charge in [-0.3, -0.25) is 5.32 Å². The Morgan fingerprint density at radius 2 is 2.15 bits per heavy atom. The molecule has 144 valence electrons. The van der Waals surface area contributed by atoms with Crippen LogP contribution in [0.2, 0.25) is 0 Å². The van der Waals surface area contributed by atoms with Gasteiger partial charge in [-0.15, -0.1) is 0 Å². The minimum atomic E-state index is -0.193. The van der Waals surface area contributed by atoms with Gasteiger partial charge in [0, 0.05) is 26.7 Å². The van der Waals surface area contributed by atoms with Crippen molar-refractivity contribution >= 4 is 17.5 Å². The minimum absolute atomic E-state index is 0.0837. The molecule has 2 saturated heterocycles. The molecule has 0 saturated carbocycles. The summed E-state index contributed by atoms with van der Waals surface area (Å²) in [5.41, 5.74) is 0.869. The van der Waals surface area contributed by atoms with E-state index in [0.29, 0.717) is 12.4 Å². The second-order valence-electron chi connectivity index (χ2n) is 7.09. The lowest BCUT2D eigenvalue weighted by atomic mass is 9.91. The number of carbonyl (C=O) groups excluding carboxylic acids is 1. The zero-order chi connectivity index (χ0) is 18.4. The number of likely N-dealkylation sites (tertiary alicyclic amines) is 1. The third-order valence-corrected chi connectivity index (χ3v) is 5.33. The van der Waals surface area contributed by atoms with Crippen molar-refractivity contribution in [2.45, 2.75) is 38.1 Å². The van der Waals surface area contributed by atoms with E-state index in [1.165, 1.54) is 0 Å². The number of anilines is 2. The number of morpholine rings is 1. The van der Waals surface area contributed by atoms with Crippen LogP contribution in [0.3, 0.4) is 0 Å². The third kappa shape index (κ3) is 4.10. The van der Waals surface area contributed by atoms with Gasteiger partial charge in [-0.1, -0.05) is 13.3 Å². The van der Waals surface area contributed by atoms with Crippen LogP contribution >= 0.6 is 0 Å². The van der Waals surface area contributed by atoms with Crippen molar-refractivity contribution in [3.05, 3.63) is 18.3 Å². The van der Waals surface area contributed by atoms with Crippen LogP contribution < -0.4 is 10.2 Å². The highest BCUT2D eigenvalue weighted by Crippen LogP contribution is 2.34. The van der Waals surface area contributed by atoms with Gasteiger partial charge in [0.1, 0.15) is 5.82 Å². The summed E-state index contributed by atoms with van der Waals surface area (Å²) in [6, 6.07) is 3.79. The Balaban J connectivity index is 1.65. The van der Waals surface area contributed by atoms with Crippen molar-refractivity contribution in [1.29, 1.82) is 0 Å². The second kappa shape index (κ2) is 8.68. The Kier molecular flexibility index (Phi) is 6.32. The average molecular weight is 362 g/mol. The van der Waals surface area contributed by atoms with Gasteiger partial charge in [0.2, 0.25) is 0 Å². The number of pyridine rings is 1. The van der Waals surface area contributed by atoms with E-state index in [1.807, 2.05) is 23.2 Å². The third-order valence-electron chi connectivity index (χ3n) is 5.33. The fraction of sp³-hybridized carbons (Fsp3) is 0.684. The van der Waals surface area contributed by atoms with E-state index in [9.17, 15) is 4.79 Å². The van der Waals surface area contributed by atoms with E-state index in [2.05, 4.69) is 22.1 Å². The first-order valence-electron chi connectivity index (χ1n) is 9.55. The highest BCUT2D eigenvalue weighted by molar-refractivity contribution is 5.89. The normalized spacial score (nSPS) is 23.3. The van der Waals surface area contributed by atoms with Gasteiger partial charge < -0.3 is 19.3 Å². The van der Waals surface area contributed by atoms with Gasteiger partial charge in [-0.05, 0) is 31.4 Å². The first-order chi connectivity index (χ1) is 12.7. The standard InChI is InChI=1S/C19H30N4O3/c1-3-7-19(15-25-2)8-4-9-23(19)18(24)21-17-6-5-16(14-20-17)22-10-12-26-13-11-22/h5-6,14H,3-4,7-13,15H2,1-2H3,(H,20,21,24). The summed E-state index contributed by atoms with van der Waals surface area (Å²) < 4.78 is 10.8. The van der Waals surface area contributed by atoms with Crippen molar-refractivity contribution < 1.29 is 14.3 Å². The number of carbonyl (C=O) groups is 1. The Labute approximate surface area is 155 Å². The molecular formula is C19H30N4O3. The summed E-state index contributed by atoms with van der Waals surface area (Å²) in [6.07, 6.45) is 5.81. The van der Waals surface area contributed by atoms with Crippen LogP contribution in [0.15, 0.2) is 18.3 Å². The molecule has 3 heterocycles. The smallest absolute Gasteiger partial charge is 0.323 e. The number of hydrogen-bond acceptors (Lipinski definition) is 5. The van der Waals surface area contributed by atoms with Crippen LogP contribution in [0.25, 0.3) is 0 Å². The maximum atomic E-state index is 12.9. The van der Waals surface area contributed by atoms with Gasteiger partial charge in [-0.25, -0.2) is 9.78 Å². The number of rotatable bonds is 6. The molecule has 7 nitrogen and oxygen atoms in total. The lowest BCUT2D eigenvalue weighted by Gasteiger charge is -2.38. The molecule has 2 aliphatic rings. The molecule has 1 N–H and O–H groups in total. The molecule has 0 radical (unpaired) electrons. The van der Waals surface area contributed by atoms with Crippen molar-refractivity contribution in [2.75, 3.05) is 56.8 Å². The van der Waals surface area contributed by atoms with Crippen LogP contribution in [0.4, 0.5) is 16.3 Å². The van der Waals surface area contributed by atoms with Gasteiger partial charge in [0.05, 0.1) is 37.2 Å². The molecule has 1 atom stereocenters. The molecule has 2 fully saturated rings. The number of nitrogens with zero attached hydrogens (tertiary/aromatic N) is 3. The number of nitrogens with one attached hydrogen (secondary N) is 1.